The Labute approximate surface area is 162 Å². The molecule has 0 N–H and O–H groups in total. The highest BCUT2D eigenvalue weighted by Crippen LogP contribution is 2.36. The molecule has 28 heavy (non-hydrogen) atoms. The lowest BCUT2D eigenvalue weighted by Crippen LogP contribution is -2.56. The average molecular weight is 378 g/mol. The summed E-state index contributed by atoms with van der Waals surface area (Å²) in [6.45, 7) is 3.69. The lowest BCUT2D eigenvalue weighted by Gasteiger charge is -2.40. The number of anilines is 2. The smallest absolute Gasteiger partial charge is 0.258 e. The maximum atomic E-state index is 14.5. The largest absolute Gasteiger partial charge is 0.467 e. The van der Waals surface area contributed by atoms with E-state index in [9.17, 15) is 14.0 Å². The van der Waals surface area contributed by atoms with E-state index >= 15 is 0 Å². The van der Waals surface area contributed by atoms with Crippen LogP contribution in [0.4, 0.5) is 15.8 Å². The topological polar surface area (TPSA) is 53.8 Å². The van der Waals surface area contributed by atoms with Crippen LogP contribution in [-0.2, 0) is 9.59 Å². The van der Waals surface area contributed by atoms with E-state index in [0.717, 1.165) is 11.1 Å². The molecule has 1 aliphatic heterocycles. The van der Waals surface area contributed by atoms with Gasteiger partial charge >= 0.3 is 0 Å². The van der Waals surface area contributed by atoms with Gasteiger partial charge in [-0.15, -0.1) is 0 Å². The summed E-state index contributed by atoms with van der Waals surface area (Å²) in [5, 5.41) is 0. The number of carbonyl (C=O) groups is 2. The Morgan fingerprint density at radius 1 is 0.964 bits per heavy atom. The molecule has 6 heteroatoms. The zero-order valence-corrected chi connectivity index (χ0v) is 15.6. The fourth-order valence-electron chi connectivity index (χ4n) is 3.54. The number of amides is 2. The molecular formula is C22H19FN2O3. The van der Waals surface area contributed by atoms with Crippen LogP contribution in [0.2, 0.25) is 0 Å². The molecule has 2 amide bonds. The molecule has 1 aromatic heterocycles. The summed E-state index contributed by atoms with van der Waals surface area (Å²) in [7, 11) is 0. The quantitative estimate of drug-likeness (QED) is 0.688. The van der Waals surface area contributed by atoms with Gasteiger partial charge in [0.15, 0.2) is 6.04 Å². The van der Waals surface area contributed by atoms with Crippen molar-refractivity contribution in [2.45, 2.75) is 19.9 Å². The summed E-state index contributed by atoms with van der Waals surface area (Å²) in [4.78, 5) is 29.2. The van der Waals surface area contributed by atoms with Crippen molar-refractivity contribution in [2.24, 2.45) is 0 Å². The zero-order chi connectivity index (χ0) is 19.8. The number of halogens is 1. The highest BCUT2D eigenvalue weighted by Gasteiger charge is 2.44. The minimum Gasteiger partial charge on any atom is -0.467 e. The van der Waals surface area contributed by atoms with Crippen LogP contribution in [0.25, 0.3) is 0 Å². The number of aryl methyl sites for hydroxylation is 1. The van der Waals surface area contributed by atoms with Crippen molar-refractivity contribution in [3.63, 3.8) is 0 Å². The summed E-state index contributed by atoms with van der Waals surface area (Å²) >= 11 is 0. The standard InChI is InChI=1S/C22H19FN2O3/c1-14-7-5-10-17(15(14)2)24-13-20(26)25(18-9-4-3-8-16(18)23)21(22(24)27)19-11-6-12-28-19/h3-12,21H,13H2,1-2H3/t21-/m1/s1. The van der Waals surface area contributed by atoms with E-state index in [1.165, 1.54) is 28.2 Å². The van der Waals surface area contributed by atoms with Gasteiger partial charge in [-0.05, 0) is 55.3 Å². The van der Waals surface area contributed by atoms with Gasteiger partial charge in [0, 0.05) is 5.69 Å². The van der Waals surface area contributed by atoms with Crippen LogP contribution in [0.3, 0.4) is 0 Å². The lowest BCUT2D eigenvalue weighted by atomic mass is 10.0. The molecule has 5 nitrogen and oxygen atoms in total. The molecule has 1 aliphatic rings. The van der Waals surface area contributed by atoms with E-state index in [2.05, 4.69) is 0 Å². The molecule has 0 bridgehead atoms. The predicted molar refractivity (Wildman–Crippen MR) is 104 cm³/mol. The third-order valence-corrected chi connectivity index (χ3v) is 5.11. The van der Waals surface area contributed by atoms with Gasteiger partial charge in [0.05, 0.1) is 12.0 Å². The summed E-state index contributed by atoms with van der Waals surface area (Å²) < 4.78 is 19.9. The number of piperazine rings is 1. The van der Waals surface area contributed by atoms with E-state index < -0.39 is 11.9 Å². The SMILES string of the molecule is Cc1cccc(N2CC(=O)N(c3ccccc3F)[C@H](c3ccco3)C2=O)c1C. The first-order chi connectivity index (χ1) is 13.5. The number of hydrogen-bond acceptors (Lipinski definition) is 3. The first kappa shape index (κ1) is 18.0. The average Bonchev–Trinajstić information content (AvgIpc) is 3.20. The van der Waals surface area contributed by atoms with E-state index in [1.54, 1.807) is 24.3 Å². The highest BCUT2D eigenvalue weighted by atomic mass is 19.1. The minimum atomic E-state index is -1.08. The molecule has 3 aromatic rings. The van der Waals surface area contributed by atoms with Crippen LogP contribution in [0.1, 0.15) is 22.9 Å². The van der Waals surface area contributed by atoms with Gasteiger partial charge in [0.25, 0.3) is 5.91 Å². The Morgan fingerprint density at radius 3 is 2.43 bits per heavy atom. The van der Waals surface area contributed by atoms with Gasteiger partial charge in [-0.25, -0.2) is 4.39 Å². The Bertz CT molecular complexity index is 1050. The molecule has 0 spiro atoms. The molecular weight excluding hydrogens is 359 g/mol. The number of benzene rings is 2. The molecule has 2 aromatic carbocycles. The number of carbonyl (C=O) groups excluding carboxylic acids is 2. The number of furan rings is 1. The Morgan fingerprint density at radius 2 is 1.71 bits per heavy atom. The third-order valence-electron chi connectivity index (χ3n) is 5.11. The second kappa shape index (κ2) is 6.96. The van der Waals surface area contributed by atoms with E-state index in [4.69, 9.17) is 4.42 Å². The summed E-state index contributed by atoms with van der Waals surface area (Å²) in [6, 6.07) is 13.7. The highest BCUT2D eigenvalue weighted by molar-refractivity contribution is 6.14. The van der Waals surface area contributed by atoms with Crippen LogP contribution < -0.4 is 9.80 Å². The maximum absolute atomic E-state index is 14.5. The second-order valence-corrected chi connectivity index (χ2v) is 6.78. The van der Waals surface area contributed by atoms with Gasteiger partial charge in [-0.2, -0.15) is 0 Å². The Balaban J connectivity index is 1.84. The molecule has 1 saturated heterocycles. The van der Waals surface area contributed by atoms with E-state index in [-0.39, 0.29) is 29.8 Å². The fraction of sp³-hybridized carbons (Fsp3) is 0.182. The summed E-state index contributed by atoms with van der Waals surface area (Å²) in [6.07, 6.45) is 1.43. The van der Waals surface area contributed by atoms with Crippen LogP contribution in [0.5, 0.6) is 0 Å². The van der Waals surface area contributed by atoms with E-state index in [1.807, 2.05) is 32.0 Å². The molecule has 1 atom stereocenters. The van der Waals surface area contributed by atoms with Gasteiger partial charge in [-0.1, -0.05) is 24.3 Å². The van der Waals surface area contributed by atoms with E-state index in [0.29, 0.717) is 5.69 Å². The van der Waals surface area contributed by atoms with Gasteiger partial charge in [0.1, 0.15) is 18.1 Å². The first-order valence-electron chi connectivity index (χ1n) is 8.96. The van der Waals surface area contributed by atoms with Crippen molar-refractivity contribution in [1.29, 1.82) is 0 Å². The van der Waals surface area contributed by atoms with Crippen molar-refractivity contribution < 1.29 is 18.4 Å². The molecule has 0 aliphatic carbocycles. The molecule has 2 heterocycles. The van der Waals surface area contributed by atoms with Crippen molar-refractivity contribution in [2.75, 3.05) is 16.3 Å². The van der Waals surface area contributed by atoms with Crippen molar-refractivity contribution in [1.82, 2.24) is 0 Å². The second-order valence-electron chi connectivity index (χ2n) is 6.78. The van der Waals surface area contributed by atoms with Crippen molar-refractivity contribution in [3.05, 3.63) is 83.6 Å². The van der Waals surface area contributed by atoms with Crippen LogP contribution in [0, 0.1) is 19.7 Å². The fourth-order valence-corrected chi connectivity index (χ4v) is 3.54. The van der Waals surface area contributed by atoms with Gasteiger partial charge < -0.3 is 9.32 Å². The number of hydrogen-bond donors (Lipinski definition) is 0. The molecule has 0 unspecified atom stereocenters. The molecule has 142 valence electrons. The number of para-hydroxylation sites is 1. The summed E-state index contributed by atoms with van der Waals surface area (Å²) in [5.41, 5.74) is 2.66. The first-order valence-corrected chi connectivity index (χ1v) is 8.96. The molecule has 0 saturated carbocycles. The van der Waals surface area contributed by atoms with Crippen LogP contribution in [0.15, 0.2) is 65.3 Å². The Hall–Kier alpha value is -3.41. The van der Waals surface area contributed by atoms with Gasteiger partial charge in [-0.3, -0.25) is 14.5 Å². The maximum Gasteiger partial charge on any atom is 0.258 e. The minimum absolute atomic E-state index is 0.0582. The van der Waals surface area contributed by atoms with Crippen LogP contribution >= 0.6 is 0 Å². The molecule has 0 radical (unpaired) electrons. The molecule has 1 fully saturated rings. The monoisotopic (exact) mass is 378 g/mol. The summed E-state index contributed by atoms with van der Waals surface area (Å²) in [5.74, 6) is -1.00. The zero-order valence-electron chi connectivity index (χ0n) is 15.6. The normalized spacial score (nSPS) is 17.3. The number of rotatable bonds is 3. The Kier molecular flexibility index (Phi) is 4.47. The third kappa shape index (κ3) is 2.87. The van der Waals surface area contributed by atoms with Gasteiger partial charge in [0.2, 0.25) is 5.91 Å². The number of nitrogens with zero attached hydrogens (tertiary/aromatic N) is 2. The van der Waals surface area contributed by atoms with Crippen LogP contribution in [-0.4, -0.2) is 18.4 Å². The lowest BCUT2D eigenvalue weighted by molar-refractivity contribution is -0.129. The predicted octanol–water partition coefficient (Wildman–Crippen LogP) is 4.16. The van der Waals surface area contributed by atoms with Crippen molar-refractivity contribution >= 4 is 23.2 Å². The van der Waals surface area contributed by atoms with Crippen molar-refractivity contribution in [3.8, 4) is 0 Å². The molecule has 4 rings (SSSR count).